The van der Waals surface area contributed by atoms with Gasteiger partial charge in [-0.05, 0) is 60.7 Å². The van der Waals surface area contributed by atoms with Crippen molar-refractivity contribution in [2.75, 3.05) is 23.8 Å². The van der Waals surface area contributed by atoms with Crippen molar-refractivity contribution in [3.63, 3.8) is 0 Å². The molecule has 1 saturated carbocycles. The minimum absolute atomic E-state index is 0.139. The quantitative estimate of drug-likeness (QED) is 0.266. The molecule has 1 fully saturated rings. The number of anilines is 2. The number of rotatable bonds is 7. The second-order valence-corrected chi connectivity index (χ2v) is 8.86. The molecular formula is C20H24N4O4S. The molecule has 0 aromatic heterocycles. The molecule has 0 aliphatic heterocycles. The van der Waals surface area contributed by atoms with Gasteiger partial charge in [-0.2, -0.15) is 0 Å². The lowest BCUT2D eigenvalue weighted by Gasteiger charge is -2.30. The van der Waals surface area contributed by atoms with Crippen molar-refractivity contribution in [2.24, 2.45) is 4.99 Å². The van der Waals surface area contributed by atoms with Gasteiger partial charge in [0.15, 0.2) is 0 Å². The number of nitrogens with zero attached hydrogens (tertiary/aromatic N) is 1. The van der Waals surface area contributed by atoms with Crippen molar-refractivity contribution in [2.45, 2.75) is 18.8 Å². The monoisotopic (exact) mass is 416 g/mol. The van der Waals surface area contributed by atoms with Crippen molar-refractivity contribution in [1.29, 1.82) is 0 Å². The highest BCUT2D eigenvalue weighted by Gasteiger charge is 2.29. The largest absolute Gasteiger partial charge is 0.398 e. The maximum absolute atomic E-state index is 12.6. The molecule has 6 N–H and O–H groups in total. The molecule has 0 atom stereocenters. The van der Waals surface area contributed by atoms with E-state index in [2.05, 4.69) is 15.0 Å². The molecule has 1 aliphatic rings. The highest BCUT2D eigenvalue weighted by Crippen LogP contribution is 2.47. The van der Waals surface area contributed by atoms with Crippen LogP contribution in [0.2, 0.25) is 0 Å². The van der Waals surface area contributed by atoms with Gasteiger partial charge < -0.3 is 11.1 Å². The predicted molar refractivity (Wildman–Crippen MR) is 117 cm³/mol. The summed E-state index contributed by atoms with van der Waals surface area (Å²) < 4.78 is 22.3. The number of benzene rings is 2. The van der Waals surface area contributed by atoms with E-state index >= 15 is 0 Å². The molecule has 0 bridgehead atoms. The van der Waals surface area contributed by atoms with Crippen LogP contribution < -0.4 is 15.8 Å². The van der Waals surface area contributed by atoms with Crippen LogP contribution in [0, 0.1) is 0 Å². The van der Waals surface area contributed by atoms with Crippen molar-refractivity contribution < 1.29 is 18.7 Å². The first kappa shape index (κ1) is 20.8. The van der Waals surface area contributed by atoms with Crippen LogP contribution in [0.5, 0.6) is 0 Å². The molecule has 29 heavy (non-hydrogen) atoms. The van der Waals surface area contributed by atoms with Gasteiger partial charge in [-0.25, -0.2) is 4.99 Å². The van der Waals surface area contributed by atoms with E-state index < -0.39 is 16.7 Å². The van der Waals surface area contributed by atoms with E-state index in [-0.39, 0.29) is 17.3 Å². The number of carbonyl (C=O) groups excluding carboxylic acids is 2. The molecule has 0 radical (unpaired) electrons. The van der Waals surface area contributed by atoms with Gasteiger partial charge in [-0.3, -0.25) is 23.4 Å². The summed E-state index contributed by atoms with van der Waals surface area (Å²) in [6.45, 7) is 0. The summed E-state index contributed by atoms with van der Waals surface area (Å²) in [4.78, 5) is 27.9. The second-order valence-electron chi connectivity index (χ2n) is 6.99. The maximum atomic E-state index is 12.6. The SMILES string of the molecule is CNC(=O)C(=Nc1ccc(C=O)cc1)c1cc(C2CC2)c(NS(C)(O)O)cc1N. The lowest BCUT2D eigenvalue weighted by Crippen LogP contribution is -2.29. The Kier molecular flexibility index (Phi) is 5.92. The van der Waals surface area contributed by atoms with Gasteiger partial charge in [-0.1, -0.05) is 0 Å². The van der Waals surface area contributed by atoms with Gasteiger partial charge in [0.05, 0.1) is 11.4 Å². The van der Waals surface area contributed by atoms with E-state index in [0.717, 1.165) is 24.7 Å². The van der Waals surface area contributed by atoms with Crippen LogP contribution in [0.1, 0.15) is 40.2 Å². The van der Waals surface area contributed by atoms with Crippen molar-refractivity contribution in [1.82, 2.24) is 5.32 Å². The summed E-state index contributed by atoms with van der Waals surface area (Å²) in [5.41, 5.74) is 9.53. The number of likely N-dealkylation sites (N-methyl/N-ethyl adjacent to an activating group) is 1. The van der Waals surface area contributed by atoms with Gasteiger partial charge in [0.1, 0.15) is 12.0 Å². The number of nitrogens with one attached hydrogen (secondary N) is 2. The Morgan fingerprint density at radius 2 is 1.90 bits per heavy atom. The van der Waals surface area contributed by atoms with Crippen LogP contribution >= 0.6 is 10.8 Å². The molecule has 3 rings (SSSR count). The molecule has 8 nitrogen and oxygen atoms in total. The number of aliphatic imine (C=N–C) groups is 1. The summed E-state index contributed by atoms with van der Waals surface area (Å²) in [6, 6.07) is 9.92. The first-order valence-electron chi connectivity index (χ1n) is 9.02. The van der Waals surface area contributed by atoms with Gasteiger partial charge in [0, 0.05) is 30.1 Å². The summed E-state index contributed by atoms with van der Waals surface area (Å²) in [6.07, 6.45) is 3.98. The Balaban J connectivity index is 2.10. The van der Waals surface area contributed by atoms with E-state index in [1.165, 1.54) is 13.3 Å². The van der Waals surface area contributed by atoms with E-state index in [9.17, 15) is 18.7 Å². The zero-order chi connectivity index (χ0) is 21.2. The Labute approximate surface area is 170 Å². The molecule has 0 saturated heterocycles. The minimum atomic E-state index is -2.98. The minimum Gasteiger partial charge on any atom is -0.398 e. The Bertz CT molecular complexity index is 964. The normalized spacial score (nSPS) is 15.0. The Hall–Kier alpha value is -2.88. The summed E-state index contributed by atoms with van der Waals surface area (Å²) in [5.74, 6) is -0.144. The van der Waals surface area contributed by atoms with E-state index in [0.29, 0.717) is 22.5 Å². The number of carbonyl (C=O) groups is 2. The summed E-state index contributed by atoms with van der Waals surface area (Å²) >= 11 is 0. The molecule has 0 unspecified atom stereocenters. The van der Waals surface area contributed by atoms with Gasteiger partial charge in [0.2, 0.25) is 0 Å². The van der Waals surface area contributed by atoms with Crippen molar-refractivity contribution >= 4 is 45.7 Å². The zero-order valence-electron chi connectivity index (χ0n) is 16.2. The third-order valence-electron chi connectivity index (χ3n) is 4.51. The van der Waals surface area contributed by atoms with Gasteiger partial charge in [0.25, 0.3) is 5.91 Å². The average Bonchev–Trinajstić information content (AvgIpc) is 3.50. The summed E-state index contributed by atoms with van der Waals surface area (Å²) in [5, 5.41) is 2.58. The maximum Gasteiger partial charge on any atom is 0.270 e. The predicted octanol–water partition coefficient (Wildman–Crippen LogP) is 3.53. The molecular weight excluding hydrogens is 392 g/mol. The standard InChI is InChI=1S/C20H24N4O4S/c1-22-20(26)19(23-14-7-3-12(11-25)4-8-14)16-9-15(13-5-6-13)18(10-17(16)21)24-29(2,27)28/h3-4,7-11,13,24,27-28H,5-6,21H2,1-2H3,(H,22,26). The number of hydrogen-bond donors (Lipinski definition) is 5. The first-order chi connectivity index (χ1) is 13.7. The number of nitrogen functional groups attached to an aromatic ring is 1. The summed E-state index contributed by atoms with van der Waals surface area (Å²) in [7, 11) is -1.47. The van der Waals surface area contributed by atoms with E-state index in [1.807, 2.05) is 0 Å². The molecule has 2 aromatic carbocycles. The van der Waals surface area contributed by atoms with Crippen molar-refractivity contribution in [3.8, 4) is 0 Å². The highest BCUT2D eigenvalue weighted by molar-refractivity contribution is 8.24. The van der Waals surface area contributed by atoms with Crippen LogP contribution in [0.15, 0.2) is 41.4 Å². The fraction of sp³-hybridized carbons (Fsp3) is 0.250. The molecule has 154 valence electrons. The molecule has 1 amide bonds. The molecule has 9 heteroatoms. The van der Waals surface area contributed by atoms with Crippen molar-refractivity contribution in [3.05, 3.63) is 53.1 Å². The fourth-order valence-electron chi connectivity index (χ4n) is 2.98. The van der Waals surface area contributed by atoms with Crippen LogP contribution in [0.4, 0.5) is 17.1 Å². The van der Waals surface area contributed by atoms with E-state index in [1.54, 1.807) is 36.4 Å². The van der Waals surface area contributed by atoms with Crippen LogP contribution in [-0.4, -0.2) is 40.3 Å². The van der Waals surface area contributed by atoms with Crippen LogP contribution in [0.25, 0.3) is 0 Å². The average molecular weight is 417 g/mol. The fourth-order valence-corrected chi connectivity index (χ4v) is 3.57. The van der Waals surface area contributed by atoms with Crippen LogP contribution in [0.3, 0.4) is 0 Å². The van der Waals surface area contributed by atoms with Gasteiger partial charge in [-0.15, -0.1) is 10.8 Å². The van der Waals surface area contributed by atoms with Gasteiger partial charge >= 0.3 is 0 Å². The molecule has 0 spiro atoms. The highest BCUT2D eigenvalue weighted by atomic mass is 32.3. The second kappa shape index (κ2) is 8.24. The number of aldehydes is 1. The lowest BCUT2D eigenvalue weighted by atomic mass is 9.99. The number of hydrogen-bond acceptors (Lipinski definition) is 7. The smallest absolute Gasteiger partial charge is 0.270 e. The van der Waals surface area contributed by atoms with Crippen LogP contribution in [-0.2, 0) is 4.79 Å². The Morgan fingerprint density at radius 1 is 1.24 bits per heavy atom. The Morgan fingerprint density at radius 3 is 2.41 bits per heavy atom. The first-order valence-corrected chi connectivity index (χ1v) is 11.0. The topological polar surface area (TPSA) is 137 Å². The molecule has 2 aromatic rings. The zero-order valence-corrected chi connectivity index (χ0v) is 17.0. The number of amides is 1. The lowest BCUT2D eigenvalue weighted by molar-refractivity contribution is -0.114. The third kappa shape index (κ3) is 5.14. The number of nitrogens with two attached hydrogens (primary N) is 1. The molecule has 1 aliphatic carbocycles. The third-order valence-corrected chi connectivity index (χ3v) is 5.12. The molecule has 0 heterocycles. The van der Waals surface area contributed by atoms with E-state index in [4.69, 9.17) is 5.73 Å².